The van der Waals surface area contributed by atoms with E-state index in [4.69, 9.17) is 4.74 Å². The second kappa shape index (κ2) is 6.25. The highest BCUT2D eigenvalue weighted by Gasteiger charge is 2.34. The van der Waals surface area contributed by atoms with Crippen LogP contribution < -0.4 is 0 Å². The Labute approximate surface area is 84.2 Å². The molecule has 0 saturated heterocycles. The molecule has 78 valence electrons. The molecule has 1 atom stereocenters. The highest BCUT2D eigenvalue weighted by atomic mass is 28.3. The van der Waals surface area contributed by atoms with Crippen LogP contribution in [0.25, 0.3) is 0 Å². The third kappa shape index (κ3) is 3.18. The summed E-state index contributed by atoms with van der Waals surface area (Å²) in [7, 11) is -1.13. The Bertz CT molecular complexity index is 142. The van der Waals surface area contributed by atoms with Gasteiger partial charge in [0.25, 0.3) is 0 Å². The Hall–Kier alpha value is -0.243. The van der Waals surface area contributed by atoms with Crippen molar-refractivity contribution in [1.29, 1.82) is 0 Å². The number of allylic oxidation sites excluding steroid dienone is 1. The first kappa shape index (κ1) is 12.8. The molecule has 0 spiro atoms. The van der Waals surface area contributed by atoms with Gasteiger partial charge in [0, 0.05) is 0 Å². The van der Waals surface area contributed by atoms with Crippen molar-refractivity contribution >= 4 is 8.07 Å². The van der Waals surface area contributed by atoms with Gasteiger partial charge in [0.05, 0.1) is 12.0 Å². The second-order valence-electron chi connectivity index (χ2n) is 3.67. The molecule has 0 aliphatic rings. The molecule has 0 N–H and O–H groups in total. The van der Waals surface area contributed by atoms with Gasteiger partial charge in [-0.2, -0.15) is 0 Å². The van der Waals surface area contributed by atoms with Gasteiger partial charge in [0.1, 0.15) is 8.07 Å². The molecule has 1 unspecified atom stereocenters. The van der Waals surface area contributed by atoms with Crippen molar-refractivity contribution in [2.24, 2.45) is 0 Å². The van der Waals surface area contributed by atoms with E-state index >= 15 is 0 Å². The van der Waals surface area contributed by atoms with Gasteiger partial charge >= 0.3 is 0 Å². The van der Waals surface area contributed by atoms with E-state index < -0.39 is 8.07 Å². The summed E-state index contributed by atoms with van der Waals surface area (Å²) in [5.41, 5.74) is 0.462. The zero-order chi connectivity index (χ0) is 10.3. The summed E-state index contributed by atoms with van der Waals surface area (Å²) < 4.78 is 5.71. The SMILES string of the molecule is CC=COC(C)[Si](CC)(CC)CC. The normalized spacial score (nSPS) is 14.8. The summed E-state index contributed by atoms with van der Waals surface area (Å²) in [6.45, 7) is 11.2. The molecule has 0 aromatic heterocycles. The predicted molar refractivity (Wildman–Crippen MR) is 62.6 cm³/mol. The van der Waals surface area contributed by atoms with E-state index in [0.29, 0.717) is 5.73 Å². The van der Waals surface area contributed by atoms with Gasteiger partial charge in [-0.25, -0.2) is 0 Å². The van der Waals surface area contributed by atoms with Crippen LogP contribution in [-0.4, -0.2) is 13.8 Å². The zero-order valence-corrected chi connectivity index (χ0v) is 10.8. The number of hydrogen-bond donors (Lipinski definition) is 0. The summed E-state index contributed by atoms with van der Waals surface area (Å²) in [4.78, 5) is 0. The quantitative estimate of drug-likeness (QED) is 0.465. The molecule has 0 aromatic carbocycles. The summed E-state index contributed by atoms with van der Waals surface area (Å²) in [5, 5.41) is 0. The van der Waals surface area contributed by atoms with Crippen molar-refractivity contribution < 1.29 is 4.74 Å². The van der Waals surface area contributed by atoms with E-state index in [1.807, 2.05) is 19.3 Å². The Kier molecular flexibility index (Phi) is 6.13. The number of hydrogen-bond acceptors (Lipinski definition) is 1. The molecule has 0 heterocycles. The molecule has 2 heteroatoms. The first-order valence-electron chi connectivity index (χ1n) is 5.43. The summed E-state index contributed by atoms with van der Waals surface area (Å²) in [5.74, 6) is 0. The minimum absolute atomic E-state index is 0.462. The van der Waals surface area contributed by atoms with Gasteiger partial charge in [0.15, 0.2) is 0 Å². The Morgan fingerprint density at radius 3 is 1.92 bits per heavy atom. The summed E-state index contributed by atoms with van der Waals surface area (Å²) in [6.07, 6.45) is 3.81. The lowest BCUT2D eigenvalue weighted by Gasteiger charge is -2.33. The highest BCUT2D eigenvalue weighted by Crippen LogP contribution is 2.26. The molecule has 0 bridgehead atoms. The lowest BCUT2D eigenvalue weighted by atomic mass is 10.7. The maximum atomic E-state index is 5.71. The molecular weight excluding hydrogens is 176 g/mol. The van der Waals surface area contributed by atoms with Crippen molar-refractivity contribution in [2.75, 3.05) is 0 Å². The third-order valence-corrected chi connectivity index (χ3v) is 9.48. The van der Waals surface area contributed by atoms with E-state index in [2.05, 4.69) is 27.7 Å². The zero-order valence-electron chi connectivity index (χ0n) is 9.76. The molecule has 0 rings (SSSR count). The highest BCUT2D eigenvalue weighted by molar-refractivity contribution is 6.80. The van der Waals surface area contributed by atoms with Gasteiger partial charge < -0.3 is 4.74 Å². The first-order chi connectivity index (χ1) is 6.16. The molecule has 0 fully saturated rings. The van der Waals surface area contributed by atoms with Crippen LogP contribution in [0.5, 0.6) is 0 Å². The molecule has 0 saturated carbocycles. The van der Waals surface area contributed by atoms with Gasteiger partial charge in [-0.3, -0.25) is 0 Å². The largest absolute Gasteiger partial charge is 0.502 e. The Balaban J connectivity index is 4.34. The molecular formula is C11H24OSi. The average molecular weight is 200 g/mol. The maximum absolute atomic E-state index is 5.71. The van der Waals surface area contributed by atoms with Crippen LogP contribution in [0.3, 0.4) is 0 Å². The van der Waals surface area contributed by atoms with E-state index in [9.17, 15) is 0 Å². The monoisotopic (exact) mass is 200 g/mol. The van der Waals surface area contributed by atoms with Crippen molar-refractivity contribution in [2.45, 2.75) is 58.5 Å². The van der Waals surface area contributed by atoms with E-state index in [0.717, 1.165) is 0 Å². The van der Waals surface area contributed by atoms with Crippen LogP contribution in [0.15, 0.2) is 12.3 Å². The molecule has 0 aliphatic carbocycles. The first-order valence-corrected chi connectivity index (χ1v) is 8.13. The summed E-state index contributed by atoms with van der Waals surface area (Å²) >= 11 is 0. The van der Waals surface area contributed by atoms with Gasteiger partial charge in [-0.15, -0.1) is 0 Å². The fourth-order valence-corrected chi connectivity index (χ4v) is 5.55. The Morgan fingerprint density at radius 2 is 1.62 bits per heavy atom. The van der Waals surface area contributed by atoms with Crippen LogP contribution in [0.2, 0.25) is 18.1 Å². The molecule has 0 aliphatic heterocycles. The molecule has 0 radical (unpaired) electrons. The molecule has 0 amide bonds. The third-order valence-electron chi connectivity index (χ3n) is 3.39. The molecule has 0 aromatic rings. The van der Waals surface area contributed by atoms with Crippen molar-refractivity contribution in [3.63, 3.8) is 0 Å². The van der Waals surface area contributed by atoms with E-state index in [1.54, 1.807) is 0 Å². The van der Waals surface area contributed by atoms with E-state index in [-0.39, 0.29) is 0 Å². The molecule has 1 nitrogen and oxygen atoms in total. The average Bonchev–Trinajstić information content (AvgIpc) is 2.18. The van der Waals surface area contributed by atoms with Crippen LogP contribution in [0, 0.1) is 0 Å². The smallest absolute Gasteiger partial charge is 0.101 e. The van der Waals surface area contributed by atoms with Crippen LogP contribution in [0.4, 0.5) is 0 Å². The van der Waals surface area contributed by atoms with E-state index in [1.165, 1.54) is 18.1 Å². The number of ether oxygens (including phenoxy) is 1. The van der Waals surface area contributed by atoms with Gasteiger partial charge in [-0.1, -0.05) is 45.0 Å². The van der Waals surface area contributed by atoms with Crippen molar-refractivity contribution in [1.82, 2.24) is 0 Å². The standard InChI is InChI=1S/C11H24OSi/c1-6-10-12-11(5)13(7-2,8-3)9-4/h6,10-11H,7-9H2,1-5H3. The van der Waals surface area contributed by atoms with Crippen molar-refractivity contribution in [3.8, 4) is 0 Å². The predicted octanol–water partition coefficient (Wildman–Crippen LogP) is 3.97. The van der Waals surface area contributed by atoms with Crippen LogP contribution in [-0.2, 0) is 4.74 Å². The van der Waals surface area contributed by atoms with Gasteiger partial charge in [-0.05, 0) is 13.8 Å². The fraction of sp³-hybridized carbons (Fsp3) is 0.818. The Morgan fingerprint density at radius 1 is 1.15 bits per heavy atom. The maximum Gasteiger partial charge on any atom is 0.101 e. The molecule has 13 heavy (non-hydrogen) atoms. The van der Waals surface area contributed by atoms with Crippen LogP contribution >= 0.6 is 0 Å². The summed E-state index contributed by atoms with van der Waals surface area (Å²) in [6, 6.07) is 4.00. The minimum Gasteiger partial charge on any atom is -0.502 e. The van der Waals surface area contributed by atoms with Crippen LogP contribution in [0.1, 0.15) is 34.6 Å². The van der Waals surface area contributed by atoms with Gasteiger partial charge in [0.2, 0.25) is 0 Å². The number of rotatable bonds is 6. The topological polar surface area (TPSA) is 9.23 Å². The minimum atomic E-state index is -1.13. The second-order valence-corrected chi connectivity index (χ2v) is 9.33. The lowest BCUT2D eigenvalue weighted by Crippen LogP contribution is -2.44. The van der Waals surface area contributed by atoms with Crippen molar-refractivity contribution in [3.05, 3.63) is 12.3 Å². The fourth-order valence-electron chi connectivity index (χ4n) is 1.95. The lowest BCUT2D eigenvalue weighted by molar-refractivity contribution is 0.219.